The van der Waals surface area contributed by atoms with E-state index in [1.165, 1.54) is 11.1 Å². The van der Waals surface area contributed by atoms with Crippen molar-refractivity contribution in [3.05, 3.63) is 71.8 Å². The average Bonchev–Trinajstić information content (AvgIpc) is 3.33. The summed E-state index contributed by atoms with van der Waals surface area (Å²) in [6.07, 6.45) is 2.26. The van der Waals surface area contributed by atoms with Crippen LogP contribution >= 0.6 is 0 Å². The van der Waals surface area contributed by atoms with Crippen molar-refractivity contribution in [3.8, 4) is 0 Å². The van der Waals surface area contributed by atoms with Crippen molar-refractivity contribution in [1.82, 2.24) is 5.32 Å². The van der Waals surface area contributed by atoms with Crippen LogP contribution in [0.5, 0.6) is 0 Å². The van der Waals surface area contributed by atoms with E-state index in [9.17, 15) is 4.79 Å². The number of quaternary nitrogens is 1. The lowest BCUT2D eigenvalue weighted by atomic mass is 9.99. The molecule has 3 N–H and O–H groups in total. The van der Waals surface area contributed by atoms with Crippen LogP contribution in [0.15, 0.2) is 60.7 Å². The fourth-order valence-electron chi connectivity index (χ4n) is 2.52. The zero-order chi connectivity index (χ0) is 14.5. The van der Waals surface area contributed by atoms with E-state index in [0.717, 1.165) is 12.8 Å². The van der Waals surface area contributed by atoms with E-state index in [1.54, 1.807) is 0 Å². The van der Waals surface area contributed by atoms with Crippen LogP contribution < -0.4 is 10.6 Å². The van der Waals surface area contributed by atoms with Gasteiger partial charge in [-0.25, -0.2) is 0 Å². The molecule has 3 heteroatoms. The number of nitrogens with two attached hydrogens (primary N) is 1. The van der Waals surface area contributed by atoms with Crippen LogP contribution in [0.1, 0.15) is 30.0 Å². The third-order valence-electron chi connectivity index (χ3n) is 3.80. The summed E-state index contributed by atoms with van der Waals surface area (Å²) >= 11 is 0. The summed E-state index contributed by atoms with van der Waals surface area (Å²) in [6.45, 7) is 0.463. The van der Waals surface area contributed by atoms with E-state index >= 15 is 0 Å². The predicted molar refractivity (Wildman–Crippen MR) is 82.7 cm³/mol. The lowest BCUT2D eigenvalue weighted by Crippen LogP contribution is -2.87. The van der Waals surface area contributed by atoms with Crippen molar-refractivity contribution in [2.24, 2.45) is 0 Å². The van der Waals surface area contributed by atoms with Gasteiger partial charge in [0, 0.05) is 17.2 Å². The fraction of sp³-hybridized carbons (Fsp3) is 0.278. The van der Waals surface area contributed by atoms with Crippen molar-refractivity contribution in [1.29, 1.82) is 0 Å². The molecule has 0 aliphatic heterocycles. The summed E-state index contributed by atoms with van der Waals surface area (Å²) in [4.78, 5) is 11.9. The van der Waals surface area contributed by atoms with E-state index < -0.39 is 0 Å². The second-order valence-corrected chi connectivity index (χ2v) is 5.58. The van der Waals surface area contributed by atoms with Crippen LogP contribution in [-0.4, -0.2) is 18.5 Å². The van der Waals surface area contributed by atoms with Crippen LogP contribution in [0.3, 0.4) is 0 Å². The van der Waals surface area contributed by atoms with Gasteiger partial charge in [-0.2, -0.15) is 0 Å². The van der Waals surface area contributed by atoms with Gasteiger partial charge < -0.3 is 10.6 Å². The topological polar surface area (TPSA) is 45.7 Å². The van der Waals surface area contributed by atoms with Gasteiger partial charge >= 0.3 is 0 Å². The molecule has 2 aromatic carbocycles. The maximum Gasteiger partial charge on any atom is 0.275 e. The molecule has 0 bridgehead atoms. The van der Waals surface area contributed by atoms with E-state index in [-0.39, 0.29) is 11.9 Å². The minimum absolute atomic E-state index is 0.134. The molecule has 0 saturated heterocycles. The van der Waals surface area contributed by atoms with Crippen molar-refractivity contribution >= 4 is 5.91 Å². The number of carbonyl (C=O) groups is 1. The van der Waals surface area contributed by atoms with E-state index in [0.29, 0.717) is 12.6 Å². The molecule has 1 amide bonds. The Morgan fingerprint density at radius 2 is 1.52 bits per heavy atom. The Labute approximate surface area is 125 Å². The number of hydrogen-bond acceptors (Lipinski definition) is 1. The first-order chi connectivity index (χ1) is 10.3. The van der Waals surface area contributed by atoms with Gasteiger partial charge in [-0.05, 0) is 12.8 Å². The standard InChI is InChI=1S/C18H20N2O/c21-17(20-16-11-12-16)13-19-18(14-7-3-1-4-8-14)15-9-5-2-6-10-15/h1-10,16,18-19H,11-13H2,(H,20,21)/p+1. The molecule has 2 aromatic rings. The Balaban J connectivity index is 1.71. The molecular formula is C18H21N2O+. The minimum Gasteiger partial charge on any atom is -0.348 e. The Hall–Kier alpha value is -2.13. The third-order valence-corrected chi connectivity index (χ3v) is 3.80. The summed E-state index contributed by atoms with van der Waals surface area (Å²) < 4.78 is 0. The first-order valence-corrected chi connectivity index (χ1v) is 7.55. The van der Waals surface area contributed by atoms with E-state index in [1.807, 2.05) is 36.4 Å². The van der Waals surface area contributed by atoms with Gasteiger partial charge in [-0.15, -0.1) is 0 Å². The van der Waals surface area contributed by atoms with E-state index in [4.69, 9.17) is 0 Å². The molecule has 1 saturated carbocycles. The first kappa shape index (κ1) is 13.8. The molecule has 0 aromatic heterocycles. The highest BCUT2D eigenvalue weighted by molar-refractivity contribution is 5.77. The predicted octanol–water partition coefficient (Wildman–Crippen LogP) is 1.62. The van der Waals surface area contributed by atoms with E-state index in [2.05, 4.69) is 34.9 Å². The molecule has 0 unspecified atom stereocenters. The fourth-order valence-corrected chi connectivity index (χ4v) is 2.52. The SMILES string of the molecule is O=C(C[NH2+]C(c1ccccc1)c1ccccc1)NC1CC1. The molecule has 3 rings (SSSR count). The number of rotatable bonds is 6. The summed E-state index contributed by atoms with van der Waals surface area (Å²) in [7, 11) is 0. The molecular weight excluding hydrogens is 260 g/mol. The third kappa shape index (κ3) is 3.92. The summed E-state index contributed by atoms with van der Waals surface area (Å²) in [6, 6.07) is 21.3. The van der Waals surface area contributed by atoms with Crippen LogP contribution in [0.2, 0.25) is 0 Å². The number of amides is 1. The smallest absolute Gasteiger partial charge is 0.275 e. The van der Waals surface area contributed by atoms with Crippen molar-refractivity contribution < 1.29 is 10.1 Å². The van der Waals surface area contributed by atoms with Gasteiger partial charge in [0.05, 0.1) is 0 Å². The average molecular weight is 281 g/mol. The molecule has 0 spiro atoms. The Morgan fingerprint density at radius 1 is 1.00 bits per heavy atom. The molecule has 1 aliphatic carbocycles. The highest BCUT2D eigenvalue weighted by Crippen LogP contribution is 2.19. The molecule has 108 valence electrons. The second-order valence-electron chi connectivity index (χ2n) is 5.58. The van der Waals surface area contributed by atoms with Gasteiger partial charge in [0.1, 0.15) is 6.04 Å². The normalized spacial score (nSPS) is 14.1. The number of nitrogens with one attached hydrogen (secondary N) is 1. The maximum absolute atomic E-state index is 11.9. The quantitative estimate of drug-likeness (QED) is 0.830. The molecule has 1 aliphatic rings. The van der Waals surface area contributed by atoms with Crippen LogP contribution in [-0.2, 0) is 4.79 Å². The Morgan fingerprint density at radius 3 is 2.00 bits per heavy atom. The number of benzene rings is 2. The van der Waals surface area contributed by atoms with Crippen molar-refractivity contribution in [2.75, 3.05) is 6.54 Å². The number of hydrogen-bond donors (Lipinski definition) is 2. The lowest BCUT2D eigenvalue weighted by molar-refractivity contribution is -0.676. The molecule has 3 nitrogen and oxygen atoms in total. The lowest BCUT2D eigenvalue weighted by Gasteiger charge is -2.16. The highest BCUT2D eigenvalue weighted by atomic mass is 16.2. The van der Waals surface area contributed by atoms with Crippen LogP contribution in [0, 0.1) is 0 Å². The summed E-state index contributed by atoms with van der Waals surface area (Å²) in [5, 5.41) is 5.16. The number of carbonyl (C=O) groups excluding carboxylic acids is 1. The van der Waals surface area contributed by atoms with Gasteiger partial charge in [-0.1, -0.05) is 60.7 Å². The zero-order valence-corrected chi connectivity index (χ0v) is 12.0. The molecule has 1 fully saturated rings. The summed E-state index contributed by atoms with van der Waals surface area (Å²) in [5.74, 6) is 0.134. The first-order valence-electron chi connectivity index (χ1n) is 7.55. The van der Waals surface area contributed by atoms with Gasteiger partial charge in [0.15, 0.2) is 6.54 Å². The Kier molecular flexibility index (Phi) is 4.31. The Bertz CT molecular complexity index is 539. The molecule has 21 heavy (non-hydrogen) atoms. The van der Waals surface area contributed by atoms with Crippen molar-refractivity contribution in [3.63, 3.8) is 0 Å². The maximum atomic E-state index is 11.9. The largest absolute Gasteiger partial charge is 0.348 e. The van der Waals surface area contributed by atoms with Crippen LogP contribution in [0.4, 0.5) is 0 Å². The zero-order valence-electron chi connectivity index (χ0n) is 12.0. The van der Waals surface area contributed by atoms with Crippen LogP contribution in [0.25, 0.3) is 0 Å². The van der Waals surface area contributed by atoms with Gasteiger partial charge in [0.25, 0.3) is 5.91 Å². The van der Waals surface area contributed by atoms with Gasteiger partial charge in [-0.3, -0.25) is 4.79 Å². The minimum atomic E-state index is 0.134. The highest BCUT2D eigenvalue weighted by Gasteiger charge is 2.25. The van der Waals surface area contributed by atoms with Crippen molar-refractivity contribution in [2.45, 2.75) is 24.9 Å². The second kappa shape index (κ2) is 6.55. The molecule has 0 heterocycles. The van der Waals surface area contributed by atoms with Gasteiger partial charge in [0.2, 0.25) is 0 Å². The molecule has 0 atom stereocenters. The monoisotopic (exact) mass is 281 g/mol. The summed E-state index contributed by atoms with van der Waals surface area (Å²) in [5.41, 5.74) is 2.45. The molecule has 0 radical (unpaired) electrons.